The topological polar surface area (TPSA) is 55.8 Å². The normalized spacial score (nSPS) is 12.1. The molecule has 0 heterocycles. The molecule has 0 aliphatic heterocycles. The van der Waals surface area contributed by atoms with E-state index in [0.717, 1.165) is 17.7 Å². The molecule has 4 nitrogen and oxygen atoms in total. The fourth-order valence-electron chi connectivity index (χ4n) is 1.57. The molecule has 1 rings (SSSR count). The van der Waals surface area contributed by atoms with E-state index in [2.05, 4.69) is 0 Å². The van der Waals surface area contributed by atoms with E-state index >= 15 is 0 Å². The summed E-state index contributed by atoms with van der Waals surface area (Å²) in [6.45, 7) is 4.93. The Morgan fingerprint density at radius 3 is 2.44 bits per heavy atom. The van der Waals surface area contributed by atoms with Crippen molar-refractivity contribution in [1.82, 2.24) is 0 Å². The number of hydrogen-bond acceptors (Lipinski definition) is 3. The number of aliphatic carboxylic acids is 1. The third-order valence-electron chi connectivity index (χ3n) is 2.46. The molecule has 100 valence electrons. The van der Waals surface area contributed by atoms with Gasteiger partial charge in [0.05, 0.1) is 6.61 Å². The maximum Gasteiger partial charge on any atom is 0.333 e. The van der Waals surface area contributed by atoms with Crippen LogP contribution in [0.2, 0.25) is 0 Å². The summed E-state index contributed by atoms with van der Waals surface area (Å²) < 4.78 is 10.6. The first-order valence-corrected chi connectivity index (χ1v) is 6.23. The van der Waals surface area contributed by atoms with Gasteiger partial charge in [-0.3, -0.25) is 0 Å². The van der Waals surface area contributed by atoms with Gasteiger partial charge in [0.25, 0.3) is 0 Å². The van der Waals surface area contributed by atoms with Crippen LogP contribution in [-0.2, 0) is 16.0 Å². The molecule has 0 saturated heterocycles. The van der Waals surface area contributed by atoms with Crippen molar-refractivity contribution in [3.63, 3.8) is 0 Å². The van der Waals surface area contributed by atoms with Crippen molar-refractivity contribution in [3.8, 4) is 5.75 Å². The summed E-state index contributed by atoms with van der Waals surface area (Å²) >= 11 is 0. The van der Waals surface area contributed by atoms with Gasteiger partial charge in [-0.05, 0) is 31.0 Å². The van der Waals surface area contributed by atoms with Crippen molar-refractivity contribution >= 4 is 5.97 Å². The van der Waals surface area contributed by atoms with Crippen LogP contribution in [0.5, 0.6) is 5.75 Å². The zero-order valence-corrected chi connectivity index (χ0v) is 10.9. The minimum absolute atomic E-state index is 0.372. The molecule has 0 aliphatic rings. The Kier molecular flexibility index (Phi) is 6.22. The Hall–Kier alpha value is -1.55. The Balaban J connectivity index is 2.58. The van der Waals surface area contributed by atoms with Crippen molar-refractivity contribution in [2.24, 2.45) is 0 Å². The van der Waals surface area contributed by atoms with Crippen molar-refractivity contribution in [2.75, 3.05) is 13.2 Å². The van der Waals surface area contributed by atoms with E-state index in [4.69, 9.17) is 14.6 Å². The maximum atomic E-state index is 11.0. The van der Waals surface area contributed by atoms with Crippen LogP contribution in [0.25, 0.3) is 0 Å². The summed E-state index contributed by atoms with van der Waals surface area (Å²) in [6.07, 6.45) is 0.558. The van der Waals surface area contributed by atoms with E-state index in [1.807, 2.05) is 31.2 Å². The summed E-state index contributed by atoms with van der Waals surface area (Å²) in [5, 5.41) is 8.99. The zero-order chi connectivity index (χ0) is 13.4. The quantitative estimate of drug-likeness (QED) is 0.772. The summed E-state index contributed by atoms with van der Waals surface area (Å²) in [5.41, 5.74) is 0.930. The lowest BCUT2D eigenvalue weighted by molar-refractivity contribution is -0.149. The van der Waals surface area contributed by atoms with E-state index in [1.165, 1.54) is 0 Å². The van der Waals surface area contributed by atoms with Crippen LogP contribution in [0.15, 0.2) is 24.3 Å². The maximum absolute atomic E-state index is 11.0. The lowest BCUT2D eigenvalue weighted by atomic mass is 10.1. The van der Waals surface area contributed by atoms with Crippen LogP contribution in [-0.4, -0.2) is 30.4 Å². The molecule has 1 aromatic rings. The molecular formula is C14H20O4. The highest BCUT2D eigenvalue weighted by molar-refractivity contribution is 5.72. The molecule has 0 spiro atoms. The third-order valence-corrected chi connectivity index (χ3v) is 2.46. The SMILES string of the molecule is CCCOc1ccc(C[C@H](OCC)C(=O)O)cc1. The fraction of sp³-hybridized carbons (Fsp3) is 0.500. The first-order chi connectivity index (χ1) is 8.67. The van der Waals surface area contributed by atoms with Crippen molar-refractivity contribution in [2.45, 2.75) is 32.8 Å². The van der Waals surface area contributed by atoms with Crippen LogP contribution in [0.3, 0.4) is 0 Å². The van der Waals surface area contributed by atoms with Gasteiger partial charge >= 0.3 is 5.97 Å². The molecule has 0 radical (unpaired) electrons. The van der Waals surface area contributed by atoms with Gasteiger partial charge in [-0.1, -0.05) is 19.1 Å². The number of benzene rings is 1. The largest absolute Gasteiger partial charge is 0.494 e. The summed E-state index contributed by atoms with van der Waals surface area (Å²) in [5.74, 6) is -0.118. The molecule has 18 heavy (non-hydrogen) atoms. The minimum Gasteiger partial charge on any atom is -0.494 e. The second-order valence-corrected chi connectivity index (χ2v) is 3.98. The highest BCUT2D eigenvalue weighted by Crippen LogP contribution is 2.14. The standard InChI is InChI=1S/C14H20O4/c1-3-9-18-12-7-5-11(6-8-12)10-13(14(15)16)17-4-2/h5-8,13H,3-4,9-10H2,1-2H3,(H,15,16)/t13-/m0/s1. The molecule has 0 amide bonds. The van der Waals surface area contributed by atoms with Gasteiger partial charge in [0.15, 0.2) is 6.10 Å². The van der Waals surface area contributed by atoms with E-state index < -0.39 is 12.1 Å². The first kappa shape index (κ1) is 14.5. The highest BCUT2D eigenvalue weighted by Gasteiger charge is 2.17. The Bertz CT molecular complexity index is 359. The number of carboxylic acids is 1. The van der Waals surface area contributed by atoms with Gasteiger partial charge < -0.3 is 14.6 Å². The number of rotatable bonds is 8. The molecule has 4 heteroatoms. The molecule has 0 unspecified atom stereocenters. The van der Waals surface area contributed by atoms with Crippen molar-refractivity contribution < 1.29 is 19.4 Å². The van der Waals surface area contributed by atoms with Crippen molar-refractivity contribution in [3.05, 3.63) is 29.8 Å². The van der Waals surface area contributed by atoms with Crippen LogP contribution in [0, 0.1) is 0 Å². The lowest BCUT2D eigenvalue weighted by Crippen LogP contribution is -2.26. The van der Waals surface area contributed by atoms with Gasteiger partial charge in [0, 0.05) is 13.0 Å². The zero-order valence-electron chi connectivity index (χ0n) is 10.9. The van der Waals surface area contributed by atoms with Gasteiger partial charge in [0.2, 0.25) is 0 Å². The van der Waals surface area contributed by atoms with E-state index in [-0.39, 0.29) is 0 Å². The smallest absolute Gasteiger partial charge is 0.333 e. The average molecular weight is 252 g/mol. The summed E-state index contributed by atoms with van der Waals surface area (Å²) in [6, 6.07) is 7.46. The van der Waals surface area contributed by atoms with Crippen LogP contribution < -0.4 is 4.74 Å². The van der Waals surface area contributed by atoms with Gasteiger partial charge in [-0.15, -0.1) is 0 Å². The third kappa shape index (κ3) is 4.75. The van der Waals surface area contributed by atoms with Crippen molar-refractivity contribution in [1.29, 1.82) is 0 Å². The predicted molar refractivity (Wildman–Crippen MR) is 69.0 cm³/mol. The predicted octanol–water partition coefficient (Wildman–Crippen LogP) is 2.51. The fourth-order valence-corrected chi connectivity index (χ4v) is 1.57. The number of ether oxygens (including phenoxy) is 2. The monoisotopic (exact) mass is 252 g/mol. The number of carbonyl (C=O) groups is 1. The van der Waals surface area contributed by atoms with Gasteiger partial charge in [0.1, 0.15) is 5.75 Å². The van der Waals surface area contributed by atoms with Gasteiger partial charge in [-0.2, -0.15) is 0 Å². The molecule has 0 aromatic heterocycles. The minimum atomic E-state index is -0.928. The molecule has 0 saturated carbocycles. The second-order valence-electron chi connectivity index (χ2n) is 3.98. The van der Waals surface area contributed by atoms with Gasteiger partial charge in [-0.25, -0.2) is 4.79 Å². The average Bonchev–Trinajstić information content (AvgIpc) is 2.37. The molecule has 1 atom stereocenters. The molecule has 0 aliphatic carbocycles. The number of carboxylic acid groups (broad SMARTS) is 1. The molecule has 1 N–H and O–H groups in total. The van der Waals surface area contributed by atoms with E-state index in [1.54, 1.807) is 6.92 Å². The first-order valence-electron chi connectivity index (χ1n) is 6.23. The molecular weight excluding hydrogens is 232 g/mol. The second kappa shape index (κ2) is 7.71. The van der Waals surface area contributed by atoms with E-state index in [0.29, 0.717) is 19.6 Å². The Morgan fingerprint density at radius 1 is 1.28 bits per heavy atom. The lowest BCUT2D eigenvalue weighted by Gasteiger charge is -2.12. The Morgan fingerprint density at radius 2 is 1.94 bits per heavy atom. The molecule has 0 fully saturated rings. The Labute approximate surface area is 108 Å². The van der Waals surface area contributed by atoms with E-state index in [9.17, 15) is 4.79 Å². The number of hydrogen-bond donors (Lipinski definition) is 1. The van der Waals surface area contributed by atoms with Crippen LogP contribution >= 0.6 is 0 Å². The summed E-state index contributed by atoms with van der Waals surface area (Å²) in [7, 11) is 0. The molecule has 0 bridgehead atoms. The van der Waals surface area contributed by atoms with Crippen LogP contribution in [0.1, 0.15) is 25.8 Å². The summed E-state index contributed by atoms with van der Waals surface area (Å²) in [4.78, 5) is 11.0. The highest BCUT2D eigenvalue weighted by atomic mass is 16.5. The molecule has 1 aromatic carbocycles. The van der Waals surface area contributed by atoms with Crippen LogP contribution in [0.4, 0.5) is 0 Å².